The van der Waals surface area contributed by atoms with E-state index < -0.39 is 0 Å². The van der Waals surface area contributed by atoms with Gasteiger partial charge in [0.2, 0.25) is 0 Å². The van der Waals surface area contributed by atoms with Crippen LogP contribution in [0.5, 0.6) is 0 Å². The Kier molecular flexibility index (Phi) is 1.59. The first-order chi connectivity index (χ1) is 4.34. The molecule has 1 heterocycles. The van der Waals surface area contributed by atoms with Gasteiger partial charge in [0, 0.05) is 0 Å². The number of nitrogens with zero attached hydrogens (tertiary/aromatic N) is 3. The van der Waals surface area contributed by atoms with Crippen molar-refractivity contribution in [3.05, 3.63) is 11.1 Å². The minimum absolute atomic E-state index is 0.269. The van der Waals surface area contributed by atoms with Gasteiger partial charge in [0.15, 0.2) is 5.84 Å². The maximum Gasteiger partial charge on any atom is 0.163 e. The molecule has 0 saturated heterocycles. The summed E-state index contributed by atoms with van der Waals surface area (Å²) in [4.78, 5) is 0.692. The third-order valence-electron chi connectivity index (χ3n) is 0.753. The Morgan fingerprint density at radius 1 is 1.78 bits per heavy atom. The van der Waals surface area contributed by atoms with Crippen molar-refractivity contribution in [2.45, 2.75) is 0 Å². The number of hydrogen-bond donors (Lipinski definition) is 2. The predicted molar refractivity (Wildman–Crippen MR) is 34.8 cm³/mol. The highest BCUT2D eigenvalue weighted by molar-refractivity contribution is 7.07. The van der Waals surface area contributed by atoms with Crippen LogP contribution < -0.4 is 11.6 Å². The van der Waals surface area contributed by atoms with Crippen LogP contribution >= 0.6 is 11.5 Å². The second-order valence-electron chi connectivity index (χ2n) is 1.30. The van der Waals surface area contributed by atoms with Crippen LogP contribution in [0, 0.1) is 0 Å². The molecule has 0 bridgehead atoms. The van der Waals surface area contributed by atoms with Crippen LogP contribution in [0.1, 0.15) is 4.88 Å². The lowest BCUT2D eigenvalue weighted by Crippen LogP contribution is -2.13. The molecule has 0 fully saturated rings. The molecule has 1 aromatic rings. The van der Waals surface area contributed by atoms with E-state index in [0.717, 1.165) is 11.5 Å². The summed E-state index contributed by atoms with van der Waals surface area (Å²) in [7, 11) is 0. The normalized spacial score (nSPS) is 11.8. The average Bonchev–Trinajstić information content (AvgIpc) is 2.37. The Hall–Kier alpha value is -1.17. The summed E-state index contributed by atoms with van der Waals surface area (Å²) < 4.78 is 3.57. The van der Waals surface area contributed by atoms with Gasteiger partial charge < -0.3 is 11.6 Å². The fourth-order valence-electron chi connectivity index (χ4n) is 0.344. The van der Waals surface area contributed by atoms with Gasteiger partial charge in [-0.1, -0.05) is 4.49 Å². The number of aromatic nitrogens is 2. The van der Waals surface area contributed by atoms with Crippen LogP contribution in [0.3, 0.4) is 0 Å². The minimum atomic E-state index is 0.269. The summed E-state index contributed by atoms with van der Waals surface area (Å²) in [6, 6.07) is 0. The van der Waals surface area contributed by atoms with Crippen LogP contribution in [0.15, 0.2) is 11.3 Å². The SMILES string of the molecule is NN=C(N)c1cnns1. The van der Waals surface area contributed by atoms with Crippen molar-refractivity contribution >= 4 is 17.4 Å². The largest absolute Gasteiger partial charge is 0.381 e. The maximum atomic E-state index is 5.29. The number of hydrogen-bond acceptors (Lipinski definition) is 5. The van der Waals surface area contributed by atoms with Crippen molar-refractivity contribution in [3.63, 3.8) is 0 Å². The standard InChI is InChI=1S/C3H5N5S/c4-3(7-5)2-1-6-8-9-2/h1H,5H2,(H2,4,7). The molecule has 0 spiro atoms. The number of amidine groups is 1. The lowest BCUT2D eigenvalue weighted by molar-refractivity contribution is 1.15. The molecule has 0 saturated carbocycles. The van der Waals surface area contributed by atoms with Crippen molar-refractivity contribution in [2.24, 2.45) is 16.7 Å². The monoisotopic (exact) mass is 143 g/mol. The van der Waals surface area contributed by atoms with Crippen molar-refractivity contribution in [1.82, 2.24) is 9.59 Å². The smallest absolute Gasteiger partial charge is 0.163 e. The molecule has 1 aromatic heterocycles. The van der Waals surface area contributed by atoms with Crippen LogP contribution in [-0.4, -0.2) is 15.4 Å². The van der Waals surface area contributed by atoms with E-state index >= 15 is 0 Å². The molecule has 0 aliphatic heterocycles. The van der Waals surface area contributed by atoms with Crippen molar-refractivity contribution < 1.29 is 0 Å². The molecule has 4 N–H and O–H groups in total. The van der Waals surface area contributed by atoms with E-state index in [9.17, 15) is 0 Å². The zero-order chi connectivity index (χ0) is 6.69. The van der Waals surface area contributed by atoms with Gasteiger partial charge in [-0.25, -0.2) is 0 Å². The Labute approximate surface area is 55.5 Å². The van der Waals surface area contributed by atoms with Crippen LogP contribution in [-0.2, 0) is 0 Å². The zero-order valence-electron chi connectivity index (χ0n) is 4.48. The zero-order valence-corrected chi connectivity index (χ0v) is 5.30. The summed E-state index contributed by atoms with van der Waals surface area (Å²) in [5.41, 5.74) is 5.29. The molecule has 1 rings (SSSR count). The van der Waals surface area contributed by atoms with Crippen LogP contribution in [0.25, 0.3) is 0 Å². The highest BCUT2D eigenvalue weighted by Crippen LogP contribution is 1.98. The van der Waals surface area contributed by atoms with Crippen molar-refractivity contribution in [2.75, 3.05) is 0 Å². The lowest BCUT2D eigenvalue weighted by Gasteiger charge is -1.86. The van der Waals surface area contributed by atoms with Gasteiger partial charge in [0.1, 0.15) is 4.88 Å². The molecular weight excluding hydrogens is 138 g/mol. The Balaban J connectivity index is 2.90. The van der Waals surface area contributed by atoms with Gasteiger partial charge in [0.05, 0.1) is 6.20 Å². The molecule has 9 heavy (non-hydrogen) atoms. The van der Waals surface area contributed by atoms with E-state index in [1.165, 1.54) is 6.20 Å². The van der Waals surface area contributed by atoms with E-state index in [-0.39, 0.29) is 5.84 Å². The van der Waals surface area contributed by atoms with Gasteiger partial charge in [-0.2, -0.15) is 5.10 Å². The molecule has 0 aliphatic rings. The van der Waals surface area contributed by atoms with Crippen LogP contribution in [0.4, 0.5) is 0 Å². The maximum absolute atomic E-state index is 5.29. The summed E-state index contributed by atoms with van der Waals surface area (Å²) in [5.74, 6) is 5.15. The predicted octanol–water partition coefficient (Wildman–Crippen LogP) is -0.883. The fourth-order valence-corrected chi connectivity index (χ4v) is 0.766. The second-order valence-corrected chi connectivity index (χ2v) is 2.08. The molecule has 0 radical (unpaired) electrons. The first-order valence-corrected chi connectivity index (χ1v) is 2.93. The average molecular weight is 143 g/mol. The van der Waals surface area contributed by atoms with E-state index in [2.05, 4.69) is 14.7 Å². The fraction of sp³-hybridized carbons (Fsp3) is 0. The quantitative estimate of drug-likeness (QED) is 0.231. The van der Waals surface area contributed by atoms with E-state index in [1.54, 1.807) is 0 Å². The van der Waals surface area contributed by atoms with Gasteiger partial charge in [0.25, 0.3) is 0 Å². The number of hydrazone groups is 1. The molecular formula is C3H5N5S. The third kappa shape index (κ3) is 1.14. The topological polar surface area (TPSA) is 90.2 Å². The summed E-state index contributed by atoms with van der Waals surface area (Å²) >= 11 is 1.16. The van der Waals surface area contributed by atoms with Gasteiger partial charge in [-0.3, -0.25) is 0 Å². The summed E-state index contributed by atoms with van der Waals surface area (Å²) in [6.45, 7) is 0. The van der Waals surface area contributed by atoms with Gasteiger partial charge in [-0.05, 0) is 11.5 Å². The first-order valence-electron chi connectivity index (χ1n) is 2.15. The highest BCUT2D eigenvalue weighted by Gasteiger charge is 1.98. The minimum Gasteiger partial charge on any atom is -0.381 e. The second kappa shape index (κ2) is 2.40. The highest BCUT2D eigenvalue weighted by atomic mass is 32.1. The lowest BCUT2D eigenvalue weighted by atomic mass is 10.5. The molecule has 0 amide bonds. The molecule has 5 nitrogen and oxygen atoms in total. The van der Waals surface area contributed by atoms with Gasteiger partial charge >= 0.3 is 0 Å². The third-order valence-corrected chi connectivity index (χ3v) is 1.44. The molecule has 0 aromatic carbocycles. The van der Waals surface area contributed by atoms with Crippen molar-refractivity contribution in [1.29, 1.82) is 0 Å². The molecule has 0 aliphatic carbocycles. The number of rotatable bonds is 1. The van der Waals surface area contributed by atoms with E-state index in [0.29, 0.717) is 4.88 Å². The molecule has 6 heteroatoms. The Bertz CT molecular complexity index is 202. The summed E-state index contributed by atoms with van der Waals surface area (Å²) in [5, 5.41) is 6.80. The molecule has 0 unspecified atom stereocenters. The molecule has 0 atom stereocenters. The van der Waals surface area contributed by atoms with Crippen molar-refractivity contribution in [3.8, 4) is 0 Å². The summed E-state index contributed by atoms with van der Waals surface area (Å²) in [6.07, 6.45) is 1.51. The van der Waals surface area contributed by atoms with Gasteiger partial charge in [-0.15, -0.1) is 5.10 Å². The van der Waals surface area contributed by atoms with E-state index in [1.807, 2.05) is 0 Å². The number of nitrogens with two attached hydrogens (primary N) is 2. The Morgan fingerprint density at radius 3 is 3.00 bits per heavy atom. The first kappa shape index (κ1) is 5.96. The molecule has 48 valence electrons. The Morgan fingerprint density at radius 2 is 2.56 bits per heavy atom. The van der Waals surface area contributed by atoms with E-state index in [4.69, 9.17) is 11.6 Å². The van der Waals surface area contributed by atoms with Crippen LogP contribution in [0.2, 0.25) is 0 Å².